The van der Waals surface area contributed by atoms with E-state index in [0.717, 1.165) is 0 Å². The predicted molar refractivity (Wildman–Crippen MR) is 136 cm³/mol. The van der Waals surface area contributed by atoms with Crippen molar-refractivity contribution in [1.29, 1.82) is 0 Å². The van der Waals surface area contributed by atoms with Gasteiger partial charge in [-0.15, -0.1) is 0 Å². The first kappa shape index (κ1) is 37.0. The van der Waals surface area contributed by atoms with Crippen molar-refractivity contribution in [3.63, 3.8) is 0 Å². The van der Waals surface area contributed by atoms with Gasteiger partial charge in [-0.25, -0.2) is 0 Å². The van der Waals surface area contributed by atoms with E-state index in [2.05, 4.69) is 21.2 Å². The number of hydrogen-bond donors (Lipinski definition) is 13. The highest BCUT2D eigenvalue weighted by Crippen LogP contribution is 2.26. The quantitative estimate of drug-likeness (QED) is 0.0597. The van der Waals surface area contributed by atoms with E-state index in [1.54, 1.807) is 0 Å². The van der Waals surface area contributed by atoms with Crippen LogP contribution in [0, 0.1) is 0 Å². The number of ether oxygens (including phenoxy) is 4. The molecule has 0 aromatic carbocycles. The van der Waals surface area contributed by atoms with Crippen LogP contribution in [0.15, 0.2) is 0 Å². The summed E-state index contributed by atoms with van der Waals surface area (Å²) in [6.45, 7) is -0.920. The van der Waals surface area contributed by atoms with Crippen LogP contribution in [0.1, 0.15) is 6.92 Å². The largest absolute Gasteiger partial charge is 0.394 e. The molecule has 20 heteroatoms. The number of nitrogens with one attached hydrogen (secondary N) is 2. The summed E-state index contributed by atoms with van der Waals surface area (Å²) >= 11 is 2.80. The molecule has 2 saturated heterocycles. The van der Waals surface area contributed by atoms with Crippen LogP contribution in [0.3, 0.4) is 0 Å². The van der Waals surface area contributed by atoms with Gasteiger partial charge < -0.3 is 85.8 Å². The zero-order valence-electron chi connectivity index (χ0n) is 22.3. The Balaban J connectivity index is 2.05. The maximum Gasteiger partial charge on any atom is 0.276 e. The fourth-order valence-corrected chi connectivity index (χ4v) is 4.28. The molecule has 13 N–H and O–H groups in total. The summed E-state index contributed by atoms with van der Waals surface area (Å²) in [5, 5.41) is 115. The second-order valence-electron chi connectivity index (χ2n) is 9.69. The van der Waals surface area contributed by atoms with E-state index < -0.39 is 122 Å². The number of aliphatic hydroxyl groups is 11. The zero-order valence-corrected chi connectivity index (χ0v) is 23.9. The van der Waals surface area contributed by atoms with Crippen LogP contribution < -0.4 is 10.6 Å². The van der Waals surface area contributed by atoms with Gasteiger partial charge in [0, 0.05) is 6.54 Å². The van der Waals surface area contributed by atoms with Crippen molar-refractivity contribution >= 4 is 27.7 Å². The highest BCUT2D eigenvalue weighted by Gasteiger charge is 2.51. The minimum atomic E-state index is -3.09. The number of carbonyl (C=O) groups excluding carboxylic acids is 2. The van der Waals surface area contributed by atoms with Crippen LogP contribution in [0.2, 0.25) is 0 Å². The van der Waals surface area contributed by atoms with Crippen molar-refractivity contribution in [3.8, 4) is 0 Å². The van der Waals surface area contributed by atoms with Crippen molar-refractivity contribution in [3.05, 3.63) is 0 Å². The second-order valence-corrected chi connectivity index (χ2v) is 10.2. The molecule has 0 unspecified atom stereocenters. The van der Waals surface area contributed by atoms with Crippen LogP contribution in [-0.4, -0.2) is 185 Å². The molecule has 0 aliphatic carbocycles. The normalized spacial score (nSPS) is 37.3. The highest BCUT2D eigenvalue weighted by molar-refractivity contribution is 9.09. The Morgan fingerprint density at radius 3 is 1.93 bits per heavy atom. The molecule has 0 bridgehead atoms. The van der Waals surface area contributed by atoms with Gasteiger partial charge in [-0.05, 0) is 6.92 Å². The van der Waals surface area contributed by atoms with Crippen LogP contribution in [0.25, 0.3) is 0 Å². The van der Waals surface area contributed by atoms with Gasteiger partial charge >= 0.3 is 0 Å². The molecule has 246 valence electrons. The Hall–Kier alpha value is -1.18. The number of likely N-dealkylation sites (N-methyl/N-ethyl adjacent to an activating group) is 1. The van der Waals surface area contributed by atoms with Gasteiger partial charge in [-0.3, -0.25) is 9.59 Å². The fraction of sp³-hybridized carbons (Fsp3) is 0.909. The average molecular weight is 683 g/mol. The second kappa shape index (κ2) is 16.2. The number of rotatable bonds is 14. The van der Waals surface area contributed by atoms with Gasteiger partial charge in [0.25, 0.3) is 5.91 Å². The number of aliphatic hydroxyl groups excluding tert-OH is 10. The van der Waals surface area contributed by atoms with Crippen molar-refractivity contribution in [2.45, 2.75) is 92.4 Å². The number of carbonyl (C=O) groups is 2. The first-order valence-corrected chi connectivity index (χ1v) is 13.9. The molecular weight excluding hydrogens is 644 g/mol. The van der Waals surface area contributed by atoms with Crippen LogP contribution in [-0.2, 0) is 28.5 Å². The van der Waals surface area contributed by atoms with E-state index in [0.29, 0.717) is 0 Å². The summed E-state index contributed by atoms with van der Waals surface area (Å²) in [6.07, 6.45) is -24.0. The summed E-state index contributed by atoms with van der Waals surface area (Å²) < 4.78 is 21.0. The Morgan fingerprint density at radius 1 is 0.881 bits per heavy atom. The molecule has 42 heavy (non-hydrogen) atoms. The number of alkyl halides is 1. The number of hydrogen-bond acceptors (Lipinski definition) is 17. The van der Waals surface area contributed by atoms with Gasteiger partial charge in [0.15, 0.2) is 12.6 Å². The van der Waals surface area contributed by atoms with E-state index in [1.807, 2.05) is 5.32 Å². The molecular formula is C22H39BrN2O17. The molecule has 14 atom stereocenters. The van der Waals surface area contributed by atoms with E-state index in [9.17, 15) is 65.8 Å². The molecule has 19 nitrogen and oxygen atoms in total. The first-order valence-electron chi connectivity index (χ1n) is 12.8. The van der Waals surface area contributed by atoms with Gasteiger partial charge in [-0.1, -0.05) is 15.9 Å². The van der Waals surface area contributed by atoms with Crippen LogP contribution in [0.4, 0.5) is 0 Å². The molecule has 2 heterocycles. The lowest BCUT2D eigenvalue weighted by atomic mass is 9.96. The van der Waals surface area contributed by atoms with Gasteiger partial charge in [0.1, 0.15) is 67.1 Å². The first-order chi connectivity index (χ1) is 19.6. The Bertz CT molecular complexity index is 875. The zero-order chi connectivity index (χ0) is 31.9. The van der Waals surface area contributed by atoms with E-state index in [-0.39, 0.29) is 6.54 Å². The van der Waals surface area contributed by atoms with Crippen molar-refractivity contribution < 1.29 is 84.7 Å². The van der Waals surface area contributed by atoms with Gasteiger partial charge in [-0.2, -0.15) is 0 Å². The Morgan fingerprint density at radius 2 is 1.40 bits per heavy atom. The molecule has 0 aromatic rings. The third-order valence-electron chi connectivity index (χ3n) is 6.65. The number of amides is 2. The van der Waals surface area contributed by atoms with Gasteiger partial charge in [0.2, 0.25) is 11.6 Å². The van der Waals surface area contributed by atoms with Crippen LogP contribution >= 0.6 is 15.9 Å². The summed E-state index contributed by atoms with van der Waals surface area (Å²) in [6, 6.07) is 0. The van der Waals surface area contributed by atoms with E-state index in [4.69, 9.17) is 18.9 Å². The average Bonchev–Trinajstić information content (AvgIpc) is 2.97. The van der Waals surface area contributed by atoms with E-state index >= 15 is 0 Å². The molecule has 2 fully saturated rings. The fourth-order valence-electron chi connectivity index (χ4n) is 4.14. The van der Waals surface area contributed by atoms with Crippen molar-refractivity contribution in [2.75, 3.05) is 31.7 Å². The predicted octanol–water partition coefficient (Wildman–Crippen LogP) is -7.95. The van der Waals surface area contributed by atoms with Crippen LogP contribution in [0.5, 0.6) is 0 Å². The summed E-state index contributed by atoms with van der Waals surface area (Å²) in [5.41, 5.74) is -3.09. The third-order valence-corrected chi connectivity index (χ3v) is 7.16. The smallest absolute Gasteiger partial charge is 0.276 e. The van der Waals surface area contributed by atoms with Crippen molar-refractivity contribution in [1.82, 2.24) is 10.6 Å². The standard InChI is InChI=1S/C22H39BrN2O17/c1-2-24-21(37)22(38,25-10(28)3-23)18(36)11(29)7(27)5-39-19-17(35)15(33)13(31)9(42-19)6-40-20-16(34)14(32)12(30)8(4-26)41-20/h7-9,11-20,26-27,29-36,38H,2-6H2,1H3,(H,24,37)(H,25,28)/t7-,8-,9-,11-,12-,13-,14+,15+,16-,17-,18+,19+,20+,22-/m1/s1. The minimum absolute atomic E-state index is 0.0356. The molecule has 0 saturated carbocycles. The molecule has 2 aliphatic heterocycles. The van der Waals surface area contributed by atoms with Gasteiger partial charge in [0.05, 0.1) is 25.2 Å². The Kier molecular flexibility index (Phi) is 14.3. The highest BCUT2D eigenvalue weighted by atomic mass is 79.9. The maximum absolute atomic E-state index is 12.3. The molecule has 0 aromatic heterocycles. The number of halogens is 1. The Labute approximate surface area is 247 Å². The lowest BCUT2D eigenvalue weighted by Gasteiger charge is -2.43. The maximum atomic E-state index is 12.3. The molecule has 0 radical (unpaired) electrons. The molecule has 0 spiro atoms. The van der Waals surface area contributed by atoms with Crippen molar-refractivity contribution in [2.24, 2.45) is 0 Å². The monoisotopic (exact) mass is 682 g/mol. The molecule has 2 rings (SSSR count). The molecule has 2 amide bonds. The minimum Gasteiger partial charge on any atom is -0.394 e. The van der Waals surface area contributed by atoms with E-state index in [1.165, 1.54) is 6.92 Å². The summed E-state index contributed by atoms with van der Waals surface area (Å²) in [4.78, 5) is 24.1. The summed E-state index contributed by atoms with van der Waals surface area (Å²) in [7, 11) is 0. The SMILES string of the molecule is CCNC(=O)[C@@](O)(NC(=O)CBr)[C@@H](O)[C@H](O)[C@H](O)CO[C@H]1O[C@H](CO[C@H]2O[C@H](CO)[C@@H](O)[C@H](O)[C@H]2O)[C@@H](O)[C@H](O)[C@H]1O. The third kappa shape index (κ3) is 8.50. The lowest BCUT2D eigenvalue weighted by molar-refractivity contribution is -0.333. The topological polar surface area (TPSA) is 318 Å². The lowest BCUT2D eigenvalue weighted by Crippen LogP contribution is -2.69. The molecule has 2 aliphatic rings. The summed E-state index contributed by atoms with van der Waals surface area (Å²) in [5.74, 6) is -2.26.